The minimum atomic E-state index is 0.490. The molecular weight excluding hydrogens is 418 g/mol. The predicted molar refractivity (Wildman–Crippen MR) is 141 cm³/mol. The molecule has 5 rings (SSSR count). The molecule has 0 aromatic heterocycles. The molecule has 178 valence electrons. The van der Waals surface area contributed by atoms with Crippen molar-refractivity contribution in [2.75, 3.05) is 45.2 Å². The Morgan fingerprint density at radius 2 is 1.41 bits per heavy atom. The first-order valence-electron chi connectivity index (χ1n) is 12.7. The lowest BCUT2D eigenvalue weighted by molar-refractivity contribution is 0.161. The summed E-state index contributed by atoms with van der Waals surface area (Å²) in [5.41, 5.74) is 7.12. The van der Waals surface area contributed by atoms with Gasteiger partial charge in [0.15, 0.2) is 0 Å². The van der Waals surface area contributed by atoms with Crippen molar-refractivity contribution in [3.05, 3.63) is 95.1 Å². The highest BCUT2D eigenvalue weighted by Crippen LogP contribution is 2.38. The van der Waals surface area contributed by atoms with Gasteiger partial charge in [-0.3, -0.25) is 4.90 Å². The van der Waals surface area contributed by atoms with Crippen LogP contribution < -0.4 is 9.64 Å². The SMILES string of the molecule is COc1ccc(N2CCN(C)CC2)c2c1C[C@H](N(Cc1ccccc1)Cc1ccccc1)CC2. The van der Waals surface area contributed by atoms with Crippen molar-refractivity contribution in [1.82, 2.24) is 9.80 Å². The summed E-state index contributed by atoms with van der Waals surface area (Å²) in [6, 6.07) is 26.8. The molecule has 1 aliphatic heterocycles. The maximum absolute atomic E-state index is 5.89. The number of likely N-dealkylation sites (N-methyl/N-ethyl adjacent to an activating group) is 1. The van der Waals surface area contributed by atoms with E-state index >= 15 is 0 Å². The highest BCUT2D eigenvalue weighted by Gasteiger charge is 2.30. The van der Waals surface area contributed by atoms with Crippen LogP contribution in [0.15, 0.2) is 72.8 Å². The zero-order chi connectivity index (χ0) is 23.3. The normalized spacial score (nSPS) is 18.7. The van der Waals surface area contributed by atoms with Crippen molar-refractivity contribution in [3.63, 3.8) is 0 Å². The third-order valence-corrected chi connectivity index (χ3v) is 7.57. The van der Waals surface area contributed by atoms with Gasteiger partial charge >= 0.3 is 0 Å². The molecule has 0 unspecified atom stereocenters. The van der Waals surface area contributed by atoms with Crippen LogP contribution in [-0.4, -0.2) is 56.2 Å². The minimum absolute atomic E-state index is 0.490. The predicted octanol–water partition coefficient (Wildman–Crippen LogP) is 5.01. The van der Waals surface area contributed by atoms with Gasteiger partial charge in [-0.25, -0.2) is 0 Å². The lowest BCUT2D eigenvalue weighted by Gasteiger charge is -2.39. The molecule has 34 heavy (non-hydrogen) atoms. The molecule has 3 aromatic carbocycles. The number of piperazine rings is 1. The molecule has 4 heteroatoms. The van der Waals surface area contributed by atoms with Crippen LogP contribution in [0.25, 0.3) is 0 Å². The smallest absolute Gasteiger partial charge is 0.122 e. The number of hydrogen-bond donors (Lipinski definition) is 0. The van der Waals surface area contributed by atoms with Crippen molar-refractivity contribution in [3.8, 4) is 5.75 Å². The van der Waals surface area contributed by atoms with Crippen LogP contribution in [0.5, 0.6) is 5.75 Å². The molecule has 3 aromatic rings. The van der Waals surface area contributed by atoms with Gasteiger partial charge < -0.3 is 14.5 Å². The first-order chi connectivity index (χ1) is 16.7. The zero-order valence-electron chi connectivity index (χ0n) is 20.6. The van der Waals surface area contributed by atoms with Gasteiger partial charge in [0.05, 0.1) is 7.11 Å². The Bertz CT molecular complexity index is 1020. The van der Waals surface area contributed by atoms with Gasteiger partial charge in [-0.2, -0.15) is 0 Å². The maximum Gasteiger partial charge on any atom is 0.122 e. The fraction of sp³-hybridized carbons (Fsp3) is 0.400. The number of methoxy groups -OCH3 is 1. The third-order valence-electron chi connectivity index (χ3n) is 7.57. The summed E-state index contributed by atoms with van der Waals surface area (Å²) in [4.78, 5) is 7.69. The van der Waals surface area contributed by atoms with E-state index in [0.29, 0.717) is 6.04 Å². The van der Waals surface area contributed by atoms with Crippen molar-refractivity contribution in [1.29, 1.82) is 0 Å². The van der Waals surface area contributed by atoms with E-state index in [0.717, 1.165) is 57.9 Å². The molecule has 1 fully saturated rings. The van der Waals surface area contributed by atoms with Gasteiger partial charge in [-0.15, -0.1) is 0 Å². The largest absolute Gasteiger partial charge is 0.496 e. The Labute approximate surface area is 204 Å². The fourth-order valence-electron chi connectivity index (χ4n) is 5.61. The molecule has 0 radical (unpaired) electrons. The Hall–Kier alpha value is -2.82. The molecule has 0 amide bonds. The van der Waals surface area contributed by atoms with Crippen molar-refractivity contribution >= 4 is 5.69 Å². The topological polar surface area (TPSA) is 19.0 Å². The number of ether oxygens (including phenoxy) is 1. The highest BCUT2D eigenvalue weighted by atomic mass is 16.5. The summed E-state index contributed by atoms with van der Waals surface area (Å²) in [5, 5.41) is 0. The lowest BCUT2D eigenvalue weighted by Crippen LogP contribution is -2.45. The molecule has 1 aliphatic carbocycles. The van der Waals surface area contributed by atoms with Crippen LogP contribution in [0.3, 0.4) is 0 Å². The number of rotatable bonds is 7. The number of fused-ring (bicyclic) bond motifs is 1. The average molecular weight is 456 g/mol. The van der Waals surface area contributed by atoms with E-state index in [1.807, 2.05) is 7.11 Å². The first-order valence-corrected chi connectivity index (χ1v) is 12.7. The summed E-state index contributed by atoms with van der Waals surface area (Å²) in [6.45, 7) is 6.41. The van der Waals surface area contributed by atoms with Crippen LogP contribution in [0.2, 0.25) is 0 Å². The van der Waals surface area contributed by atoms with Crippen LogP contribution >= 0.6 is 0 Å². The van der Waals surface area contributed by atoms with E-state index in [1.54, 1.807) is 0 Å². The summed E-state index contributed by atoms with van der Waals surface area (Å²) in [5.74, 6) is 1.05. The van der Waals surface area contributed by atoms with E-state index in [-0.39, 0.29) is 0 Å². The van der Waals surface area contributed by atoms with Gasteiger partial charge in [0, 0.05) is 56.6 Å². The number of benzene rings is 3. The molecule has 1 heterocycles. The summed E-state index contributed by atoms with van der Waals surface area (Å²) in [7, 11) is 4.04. The molecule has 0 spiro atoms. The second-order valence-corrected chi connectivity index (χ2v) is 9.81. The second-order valence-electron chi connectivity index (χ2n) is 9.81. The first kappa shape index (κ1) is 22.9. The highest BCUT2D eigenvalue weighted by molar-refractivity contribution is 5.62. The van der Waals surface area contributed by atoms with E-state index in [2.05, 4.69) is 94.5 Å². The third kappa shape index (κ3) is 5.13. The van der Waals surface area contributed by atoms with Gasteiger partial charge in [-0.1, -0.05) is 60.7 Å². The molecular formula is C30H37N3O. The number of nitrogens with zero attached hydrogens (tertiary/aromatic N) is 3. The van der Waals surface area contributed by atoms with E-state index in [9.17, 15) is 0 Å². The second kappa shape index (κ2) is 10.6. The molecule has 1 saturated heterocycles. The monoisotopic (exact) mass is 455 g/mol. The number of anilines is 1. The molecule has 0 bridgehead atoms. The van der Waals surface area contributed by atoms with Gasteiger partial charge in [-0.05, 0) is 55.1 Å². The van der Waals surface area contributed by atoms with Crippen molar-refractivity contribution in [2.24, 2.45) is 0 Å². The minimum Gasteiger partial charge on any atom is -0.496 e. The van der Waals surface area contributed by atoms with Crippen molar-refractivity contribution < 1.29 is 4.74 Å². The summed E-state index contributed by atoms with van der Waals surface area (Å²) in [6.07, 6.45) is 3.33. The fourth-order valence-corrected chi connectivity index (χ4v) is 5.61. The van der Waals surface area contributed by atoms with E-state index < -0.39 is 0 Å². The molecule has 4 nitrogen and oxygen atoms in total. The van der Waals surface area contributed by atoms with Crippen LogP contribution in [-0.2, 0) is 25.9 Å². The molecule has 0 saturated carbocycles. The average Bonchev–Trinajstić information content (AvgIpc) is 2.89. The summed E-state index contributed by atoms with van der Waals surface area (Å²) >= 11 is 0. The Balaban J connectivity index is 1.42. The Kier molecular flexibility index (Phi) is 7.17. The van der Waals surface area contributed by atoms with Gasteiger partial charge in [0.1, 0.15) is 5.75 Å². The van der Waals surface area contributed by atoms with Crippen LogP contribution in [0.4, 0.5) is 5.69 Å². The lowest BCUT2D eigenvalue weighted by atomic mass is 9.85. The van der Waals surface area contributed by atoms with Gasteiger partial charge in [0.25, 0.3) is 0 Å². The standard InChI is InChI=1S/C30H37N3O/c1-31-17-19-32(20-18-31)29-15-16-30(34-2)28-21-26(13-14-27(28)29)33(22-24-9-5-3-6-10-24)23-25-11-7-4-8-12-25/h3-12,15-16,26H,13-14,17-23H2,1-2H3/t26-/m1/s1. The molecule has 1 atom stereocenters. The van der Waals surface area contributed by atoms with Crippen LogP contribution in [0, 0.1) is 0 Å². The van der Waals surface area contributed by atoms with Crippen LogP contribution in [0.1, 0.15) is 28.7 Å². The molecule has 2 aliphatic rings. The Morgan fingerprint density at radius 3 is 2.00 bits per heavy atom. The Morgan fingerprint density at radius 1 is 0.794 bits per heavy atom. The quantitative estimate of drug-likeness (QED) is 0.499. The van der Waals surface area contributed by atoms with Crippen molar-refractivity contribution in [2.45, 2.75) is 38.4 Å². The summed E-state index contributed by atoms with van der Waals surface area (Å²) < 4.78 is 5.89. The van der Waals surface area contributed by atoms with E-state index in [1.165, 1.54) is 34.4 Å². The maximum atomic E-state index is 5.89. The van der Waals surface area contributed by atoms with E-state index in [4.69, 9.17) is 4.74 Å². The number of hydrogen-bond acceptors (Lipinski definition) is 4. The van der Waals surface area contributed by atoms with Gasteiger partial charge in [0.2, 0.25) is 0 Å². The molecule has 0 N–H and O–H groups in total. The zero-order valence-corrected chi connectivity index (χ0v) is 20.6.